The minimum absolute atomic E-state index is 0.397. The summed E-state index contributed by atoms with van der Waals surface area (Å²) in [6.45, 7) is 0. The molecule has 0 radical (unpaired) electrons. The molecule has 1 saturated carbocycles. The lowest BCUT2D eigenvalue weighted by atomic mass is 9.96. The number of anilines is 1. The zero-order valence-corrected chi connectivity index (χ0v) is 6.86. The highest BCUT2D eigenvalue weighted by molar-refractivity contribution is 5.40. The van der Waals surface area contributed by atoms with Gasteiger partial charge in [-0.1, -0.05) is 0 Å². The van der Waals surface area contributed by atoms with Crippen molar-refractivity contribution in [3.63, 3.8) is 0 Å². The number of rotatable bonds is 2. The molecule has 12 heavy (non-hydrogen) atoms. The second-order valence-electron chi connectivity index (χ2n) is 3.12. The molecule has 2 rings (SSSR count). The quantitative estimate of drug-likeness (QED) is 0.722. The van der Waals surface area contributed by atoms with E-state index in [1.807, 2.05) is 6.07 Å². The smallest absolute Gasteiger partial charge is 0.140 e. The molecule has 0 atom stereocenters. The van der Waals surface area contributed by atoms with Crippen molar-refractivity contribution in [1.82, 2.24) is 4.98 Å². The Kier molecular flexibility index (Phi) is 1.86. The molecule has 0 unspecified atom stereocenters. The Morgan fingerprint density at radius 3 is 2.83 bits per heavy atom. The van der Waals surface area contributed by atoms with Crippen LogP contribution in [-0.4, -0.2) is 11.1 Å². The van der Waals surface area contributed by atoms with Gasteiger partial charge in [-0.2, -0.15) is 0 Å². The Hall–Kier alpha value is -1.25. The second-order valence-corrected chi connectivity index (χ2v) is 3.12. The van der Waals surface area contributed by atoms with E-state index >= 15 is 0 Å². The number of nitrogens with zero attached hydrogens (tertiary/aromatic N) is 1. The molecule has 1 heterocycles. The van der Waals surface area contributed by atoms with Gasteiger partial charge in [0.15, 0.2) is 0 Å². The summed E-state index contributed by atoms with van der Waals surface area (Å²) in [6.07, 6.45) is 7.32. The van der Waals surface area contributed by atoms with Gasteiger partial charge in [-0.3, -0.25) is 4.98 Å². The van der Waals surface area contributed by atoms with E-state index in [1.54, 1.807) is 12.4 Å². The highest BCUT2D eigenvalue weighted by atomic mass is 16.5. The second kappa shape index (κ2) is 3.01. The topological polar surface area (TPSA) is 48.1 Å². The van der Waals surface area contributed by atoms with E-state index in [9.17, 15) is 0 Å². The molecule has 64 valence electrons. The van der Waals surface area contributed by atoms with E-state index in [0.717, 1.165) is 18.6 Å². The molecule has 1 fully saturated rings. The van der Waals surface area contributed by atoms with E-state index in [2.05, 4.69) is 4.98 Å². The van der Waals surface area contributed by atoms with Gasteiger partial charge in [0.25, 0.3) is 0 Å². The monoisotopic (exact) mass is 164 g/mol. The highest BCUT2D eigenvalue weighted by Gasteiger charge is 2.18. The zero-order valence-electron chi connectivity index (χ0n) is 6.86. The Balaban J connectivity index is 2.02. The van der Waals surface area contributed by atoms with Crippen LogP contribution in [0.15, 0.2) is 18.5 Å². The Morgan fingerprint density at radius 2 is 2.25 bits per heavy atom. The fraction of sp³-hybridized carbons (Fsp3) is 0.444. The molecule has 0 aromatic carbocycles. The van der Waals surface area contributed by atoms with E-state index in [-0.39, 0.29) is 0 Å². The summed E-state index contributed by atoms with van der Waals surface area (Å²) >= 11 is 0. The predicted molar refractivity (Wildman–Crippen MR) is 46.9 cm³/mol. The third-order valence-electron chi connectivity index (χ3n) is 2.09. The van der Waals surface area contributed by atoms with E-state index in [4.69, 9.17) is 10.5 Å². The average molecular weight is 164 g/mol. The van der Waals surface area contributed by atoms with Crippen LogP contribution in [0.3, 0.4) is 0 Å². The number of ether oxygens (including phenoxy) is 1. The summed E-state index contributed by atoms with van der Waals surface area (Å²) in [5, 5.41) is 0. The fourth-order valence-electron chi connectivity index (χ4n) is 1.18. The molecule has 0 aliphatic heterocycles. The van der Waals surface area contributed by atoms with Crippen LogP contribution in [0.25, 0.3) is 0 Å². The first-order chi connectivity index (χ1) is 5.84. The van der Waals surface area contributed by atoms with E-state index in [0.29, 0.717) is 11.8 Å². The van der Waals surface area contributed by atoms with Crippen molar-refractivity contribution in [2.24, 2.45) is 0 Å². The maximum absolute atomic E-state index is 5.59. The molecule has 2 N–H and O–H groups in total. The fourth-order valence-corrected chi connectivity index (χ4v) is 1.18. The summed E-state index contributed by atoms with van der Waals surface area (Å²) in [7, 11) is 0. The number of aromatic nitrogens is 1. The Labute approximate surface area is 71.6 Å². The SMILES string of the molecule is Nc1cncc(OC2CCC2)c1. The van der Waals surface area contributed by atoms with Crippen LogP contribution in [0.5, 0.6) is 5.75 Å². The van der Waals surface area contributed by atoms with Gasteiger partial charge in [-0.15, -0.1) is 0 Å². The van der Waals surface area contributed by atoms with Gasteiger partial charge in [0.2, 0.25) is 0 Å². The van der Waals surface area contributed by atoms with Crippen molar-refractivity contribution in [2.45, 2.75) is 25.4 Å². The van der Waals surface area contributed by atoms with Crippen molar-refractivity contribution >= 4 is 5.69 Å². The van der Waals surface area contributed by atoms with Crippen LogP contribution in [0.1, 0.15) is 19.3 Å². The maximum atomic E-state index is 5.59. The Morgan fingerprint density at radius 1 is 1.42 bits per heavy atom. The number of hydrogen-bond donors (Lipinski definition) is 1. The van der Waals surface area contributed by atoms with Gasteiger partial charge in [0.05, 0.1) is 24.2 Å². The summed E-state index contributed by atoms with van der Waals surface area (Å²) < 4.78 is 5.59. The maximum Gasteiger partial charge on any atom is 0.140 e. The minimum Gasteiger partial charge on any atom is -0.489 e. The van der Waals surface area contributed by atoms with Crippen molar-refractivity contribution in [2.75, 3.05) is 5.73 Å². The average Bonchev–Trinajstić information content (AvgIpc) is 1.97. The molecule has 0 saturated heterocycles. The molecular formula is C9H12N2O. The zero-order chi connectivity index (χ0) is 8.39. The van der Waals surface area contributed by atoms with Crippen molar-refractivity contribution in [3.8, 4) is 5.75 Å². The first-order valence-corrected chi connectivity index (χ1v) is 4.22. The number of nitrogens with two attached hydrogens (primary N) is 1. The third kappa shape index (κ3) is 1.49. The lowest BCUT2D eigenvalue weighted by Crippen LogP contribution is -2.24. The molecule has 1 aromatic heterocycles. The van der Waals surface area contributed by atoms with E-state index in [1.165, 1.54) is 6.42 Å². The molecule has 0 spiro atoms. The van der Waals surface area contributed by atoms with Crippen molar-refractivity contribution in [3.05, 3.63) is 18.5 Å². The lowest BCUT2D eigenvalue weighted by molar-refractivity contribution is 0.120. The van der Waals surface area contributed by atoms with Crippen LogP contribution in [-0.2, 0) is 0 Å². The molecule has 3 heteroatoms. The largest absolute Gasteiger partial charge is 0.489 e. The normalized spacial score (nSPS) is 17.0. The van der Waals surface area contributed by atoms with E-state index < -0.39 is 0 Å². The molecule has 3 nitrogen and oxygen atoms in total. The van der Waals surface area contributed by atoms with Crippen LogP contribution in [0.2, 0.25) is 0 Å². The van der Waals surface area contributed by atoms with Crippen LogP contribution >= 0.6 is 0 Å². The summed E-state index contributed by atoms with van der Waals surface area (Å²) in [4.78, 5) is 3.95. The first-order valence-electron chi connectivity index (χ1n) is 4.22. The van der Waals surface area contributed by atoms with Gasteiger partial charge >= 0.3 is 0 Å². The van der Waals surface area contributed by atoms with Crippen molar-refractivity contribution < 1.29 is 4.74 Å². The molecule has 1 aliphatic rings. The predicted octanol–water partition coefficient (Wildman–Crippen LogP) is 1.60. The van der Waals surface area contributed by atoms with Gasteiger partial charge < -0.3 is 10.5 Å². The standard InChI is InChI=1S/C9H12N2O/c10-7-4-9(6-11-5-7)12-8-2-1-3-8/h4-6,8H,1-3,10H2. The summed E-state index contributed by atoms with van der Waals surface area (Å²) in [6, 6.07) is 1.81. The third-order valence-corrected chi connectivity index (χ3v) is 2.09. The van der Waals surface area contributed by atoms with Gasteiger partial charge in [-0.05, 0) is 19.3 Å². The summed E-state index contributed by atoms with van der Waals surface area (Å²) in [5.74, 6) is 0.791. The van der Waals surface area contributed by atoms with Gasteiger partial charge in [0.1, 0.15) is 5.75 Å². The van der Waals surface area contributed by atoms with Crippen molar-refractivity contribution in [1.29, 1.82) is 0 Å². The number of nitrogen functional groups attached to an aromatic ring is 1. The van der Waals surface area contributed by atoms with Crippen LogP contribution < -0.4 is 10.5 Å². The highest BCUT2D eigenvalue weighted by Crippen LogP contribution is 2.25. The first kappa shape index (κ1) is 7.40. The number of pyridine rings is 1. The minimum atomic E-state index is 0.397. The molecule has 0 bridgehead atoms. The molecule has 1 aromatic rings. The van der Waals surface area contributed by atoms with Gasteiger partial charge in [0, 0.05) is 6.07 Å². The van der Waals surface area contributed by atoms with Crippen LogP contribution in [0.4, 0.5) is 5.69 Å². The molecular weight excluding hydrogens is 152 g/mol. The summed E-state index contributed by atoms with van der Waals surface area (Å²) in [5.41, 5.74) is 6.21. The van der Waals surface area contributed by atoms with Gasteiger partial charge in [-0.25, -0.2) is 0 Å². The van der Waals surface area contributed by atoms with Crippen LogP contribution in [0, 0.1) is 0 Å². The molecule has 0 amide bonds. The molecule has 1 aliphatic carbocycles. The lowest BCUT2D eigenvalue weighted by Gasteiger charge is -2.26. The Bertz CT molecular complexity index is 271. The number of hydrogen-bond acceptors (Lipinski definition) is 3.